The molecule has 150 valence electrons. The Labute approximate surface area is 158 Å². The van der Waals surface area contributed by atoms with Gasteiger partial charge >= 0.3 is 13.8 Å². The van der Waals surface area contributed by atoms with E-state index in [0.29, 0.717) is 6.42 Å². The number of hydrogen-bond donors (Lipinski definition) is 1. The summed E-state index contributed by atoms with van der Waals surface area (Å²) in [6, 6.07) is 3.66. The van der Waals surface area contributed by atoms with Crippen LogP contribution in [0.5, 0.6) is 0 Å². The largest absolute Gasteiger partial charge is 0.475 e. The van der Waals surface area contributed by atoms with Crippen LogP contribution in [0.15, 0.2) is 24.5 Å². The van der Waals surface area contributed by atoms with Crippen molar-refractivity contribution in [3.63, 3.8) is 0 Å². The Kier molecular flexibility index (Phi) is 7.49. The molecule has 1 aliphatic rings. The number of methoxy groups -OCH3 is 1. The van der Waals surface area contributed by atoms with E-state index in [-0.39, 0.29) is 26.2 Å². The van der Waals surface area contributed by atoms with E-state index in [1.54, 1.807) is 32.3 Å². The number of aromatic nitrogens is 1. The maximum Gasteiger partial charge on any atom is 0.475 e. The molecular formula is C17H25N2O7P. The number of nitrogens with one attached hydrogen (secondary N) is 1. The number of nitrogens with zero attached hydrogens (tertiary/aromatic N) is 1. The summed E-state index contributed by atoms with van der Waals surface area (Å²) < 4.78 is 33.3. The fourth-order valence-electron chi connectivity index (χ4n) is 2.40. The lowest BCUT2D eigenvalue weighted by atomic mass is 9.87. The van der Waals surface area contributed by atoms with E-state index in [2.05, 4.69) is 15.0 Å². The highest BCUT2D eigenvalue weighted by atomic mass is 31.2. The van der Waals surface area contributed by atoms with Crippen molar-refractivity contribution in [1.82, 2.24) is 10.3 Å². The third-order valence-electron chi connectivity index (χ3n) is 4.00. The van der Waals surface area contributed by atoms with Crippen LogP contribution in [0.1, 0.15) is 25.8 Å². The summed E-state index contributed by atoms with van der Waals surface area (Å²) >= 11 is 0. The Hall–Kier alpha value is -1.80. The lowest BCUT2D eigenvalue weighted by molar-refractivity contribution is -0.143. The molecule has 0 aliphatic carbocycles. The second-order valence-electron chi connectivity index (χ2n) is 6.76. The quantitative estimate of drug-likeness (QED) is 0.520. The zero-order valence-electron chi connectivity index (χ0n) is 15.7. The van der Waals surface area contributed by atoms with Gasteiger partial charge in [0, 0.05) is 24.4 Å². The fourth-order valence-corrected chi connectivity index (χ4v) is 4.04. The van der Waals surface area contributed by atoms with Gasteiger partial charge in [0.05, 0.1) is 26.7 Å². The summed E-state index contributed by atoms with van der Waals surface area (Å²) in [6.45, 7) is 3.74. The smallest absolute Gasteiger partial charge is 0.469 e. The molecule has 0 radical (unpaired) electrons. The molecule has 1 saturated heterocycles. The first-order chi connectivity index (χ1) is 12.8. The molecule has 27 heavy (non-hydrogen) atoms. The number of carbonyl (C=O) groups is 2. The molecule has 0 bridgehead atoms. The van der Waals surface area contributed by atoms with Crippen LogP contribution in [0.3, 0.4) is 0 Å². The molecule has 1 N–H and O–H groups in total. The minimum atomic E-state index is -3.87. The molecule has 1 amide bonds. The monoisotopic (exact) mass is 400 g/mol. The highest BCUT2D eigenvalue weighted by Gasteiger charge is 2.48. The maximum atomic E-state index is 12.7. The van der Waals surface area contributed by atoms with Crippen LogP contribution >= 0.6 is 7.82 Å². The van der Waals surface area contributed by atoms with Crippen molar-refractivity contribution >= 4 is 19.7 Å². The van der Waals surface area contributed by atoms with Gasteiger partial charge in [-0.2, -0.15) is 0 Å². The molecule has 9 nitrogen and oxygen atoms in total. The Bertz CT molecular complexity index is 696. The van der Waals surface area contributed by atoms with Crippen LogP contribution in [0, 0.1) is 5.41 Å². The Balaban J connectivity index is 1.91. The highest BCUT2D eigenvalue weighted by Crippen LogP contribution is 2.57. The minimum Gasteiger partial charge on any atom is -0.469 e. The first-order valence-electron chi connectivity index (χ1n) is 8.57. The molecule has 1 aliphatic heterocycles. The standard InChI is InChI=1S/C17H25N2O7P/c1-17(2)12-25-27(22,24-10-7-13-5-4-8-18-11-13)26-15(17)16(21)19-9-6-14(20)23-3/h4-5,8,11,15H,6-7,9-10,12H2,1-3H3,(H,19,21)/t15-,27?/m0/s1. The van der Waals surface area contributed by atoms with E-state index in [1.807, 2.05) is 6.07 Å². The van der Waals surface area contributed by atoms with E-state index in [0.717, 1.165) is 5.56 Å². The van der Waals surface area contributed by atoms with Crippen molar-refractivity contribution in [2.45, 2.75) is 32.8 Å². The number of pyridine rings is 1. The average molecular weight is 400 g/mol. The molecule has 10 heteroatoms. The molecule has 1 aromatic rings. The average Bonchev–Trinajstić information content (AvgIpc) is 2.64. The van der Waals surface area contributed by atoms with Crippen LogP contribution in [-0.2, 0) is 38.9 Å². The summed E-state index contributed by atoms with van der Waals surface area (Å²) in [7, 11) is -2.60. The zero-order valence-corrected chi connectivity index (χ0v) is 16.6. The van der Waals surface area contributed by atoms with Gasteiger partial charge in [-0.05, 0) is 18.1 Å². The van der Waals surface area contributed by atoms with Crippen LogP contribution in [0.4, 0.5) is 0 Å². The number of ether oxygens (including phenoxy) is 1. The molecule has 1 aromatic heterocycles. The normalized spacial score (nSPS) is 24.2. The Morgan fingerprint density at radius 1 is 1.44 bits per heavy atom. The molecule has 2 rings (SSSR count). The zero-order chi connectivity index (χ0) is 19.9. The van der Waals surface area contributed by atoms with Gasteiger partial charge in [-0.25, -0.2) is 4.57 Å². The SMILES string of the molecule is COC(=O)CCNC(=O)[C@@H]1OP(=O)(OCCc2cccnc2)OCC1(C)C. The van der Waals surface area contributed by atoms with E-state index in [4.69, 9.17) is 13.6 Å². The van der Waals surface area contributed by atoms with Gasteiger partial charge in [0.1, 0.15) is 0 Å². The molecule has 0 saturated carbocycles. The van der Waals surface area contributed by atoms with Crippen molar-refractivity contribution in [2.24, 2.45) is 5.41 Å². The summed E-state index contributed by atoms with van der Waals surface area (Å²) in [6.07, 6.45) is 2.82. The van der Waals surface area contributed by atoms with Crippen LogP contribution in [-0.4, -0.2) is 49.8 Å². The Morgan fingerprint density at radius 3 is 2.89 bits per heavy atom. The van der Waals surface area contributed by atoms with Gasteiger partial charge in [0.2, 0.25) is 5.91 Å². The van der Waals surface area contributed by atoms with E-state index in [1.165, 1.54) is 7.11 Å². The summed E-state index contributed by atoms with van der Waals surface area (Å²) in [5.41, 5.74) is 0.203. The van der Waals surface area contributed by atoms with Crippen molar-refractivity contribution in [1.29, 1.82) is 0 Å². The van der Waals surface area contributed by atoms with Gasteiger partial charge in [-0.1, -0.05) is 19.9 Å². The number of hydrogen-bond acceptors (Lipinski definition) is 8. The first-order valence-corrected chi connectivity index (χ1v) is 10.0. The maximum absolute atomic E-state index is 12.7. The van der Waals surface area contributed by atoms with Crippen LogP contribution in [0.2, 0.25) is 0 Å². The molecule has 2 heterocycles. The van der Waals surface area contributed by atoms with Gasteiger partial charge in [-0.3, -0.25) is 28.1 Å². The number of carbonyl (C=O) groups excluding carboxylic acids is 2. The second-order valence-corrected chi connectivity index (χ2v) is 8.38. The minimum absolute atomic E-state index is 0.0329. The number of esters is 1. The van der Waals surface area contributed by atoms with Gasteiger partial charge in [0.15, 0.2) is 6.10 Å². The molecule has 1 unspecified atom stereocenters. The van der Waals surface area contributed by atoms with E-state index < -0.39 is 31.2 Å². The fraction of sp³-hybridized carbons (Fsp3) is 0.588. The summed E-state index contributed by atoms with van der Waals surface area (Å²) in [5.74, 6) is -0.921. The molecule has 0 aromatic carbocycles. The predicted molar refractivity (Wildman–Crippen MR) is 95.7 cm³/mol. The number of phosphoric acid groups is 1. The van der Waals surface area contributed by atoms with Crippen LogP contribution in [0.25, 0.3) is 0 Å². The van der Waals surface area contributed by atoms with Gasteiger partial charge in [-0.15, -0.1) is 0 Å². The van der Waals surface area contributed by atoms with Crippen molar-refractivity contribution in [3.8, 4) is 0 Å². The van der Waals surface area contributed by atoms with E-state index in [9.17, 15) is 14.2 Å². The summed E-state index contributed by atoms with van der Waals surface area (Å²) in [4.78, 5) is 27.6. The van der Waals surface area contributed by atoms with Crippen molar-refractivity contribution < 1.29 is 32.5 Å². The lowest BCUT2D eigenvalue weighted by Crippen LogP contribution is -2.50. The molecule has 0 spiro atoms. The van der Waals surface area contributed by atoms with E-state index >= 15 is 0 Å². The number of phosphoric ester groups is 1. The number of amides is 1. The van der Waals surface area contributed by atoms with Gasteiger partial charge < -0.3 is 10.1 Å². The summed E-state index contributed by atoms with van der Waals surface area (Å²) in [5, 5.41) is 2.59. The van der Waals surface area contributed by atoms with Crippen molar-refractivity contribution in [2.75, 3.05) is 26.9 Å². The van der Waals surface area contributed by atoms with Crippen LogP contribution < -0.4 is 5.32 Å². The number of rotatable bonds is 8. The first kappa shape index (κ1) is 21.5. The molecule has 2 atom stereocenters. The highest BCUT2D eigenvalue weighted by molar-refractivity contribution is 7.48. The third kappa shape index (κ3) is 6.39. The van der Waals surface area contributed by atoms with Gasteiger partial charge in [0.25, 0.3) is 0 Å². The third-order valence-corrected chi connectivity index (χ3v) is 5.41. The molecule has 1 fully saturated rings. The second kappa shape index (κ2) is 9.41. The predicted octanol–water partition coefficient (Wildman–Crippen LogP) is 1.87. The Morgan fingerprint density at radius 2 is 2.22 bits per heavy atom. The van der Waals surface area contributed by atoms with Crippen molar-refractivity contribution in [3.05, 3.63) is 30.1 Å². The lowest BCUT2D eigenvalue weighted by Gasteiger charge is -2.39. The topological polar surface area (TPSA) is 113 Å². The molecular weight excluding hydrogens is 375 g/mol.